The lowest BCUT2D eigenvalue weighted by atomic mass is 10.1. The summed E-state index contributed by atoms with van der Waals surface area (Å²) < 4.78 is 0. The van der Waals surface area contributed by atoms with E-state index in [0.29, 0.717) is 6.42 Å². The van der Waals surface area contributed by atoms with Crippen molar-refractivity contribution in [1.82, 2.24) is 0 Å². The summed E-state index contributed by atoms with van der Waals surface area (Å²) in [5.41, 5.74) is 0.246. The van der Waals surface area contributed by atoms with E-state index in [4.69, 9.17) is 5.41 Å². The Kier molecular flexibility index (Phi) is 6.24. The van der Waals surface area contributed by atoms with Crippen LogP contribution in [0, 0.1) is 15.5 Å². The molecule has 0 aromatic rings. The zero-order valence-electron chi connectivity index (χ0n) is 7.51. The second-order valence-electron chi connectivity index (χ2n) is 2.91. The smallest absolute Gasteiger partial charge is 0.241 e. The van der Waals surface area contributed by atoms with Gasteiger partial charge in [0.15, 0.2) is 0 Å². The number of nitro groups is 1. The number of hydrogen-bond acceptors (Lipinski definition) is 3. The van der Waals surface area contributed by atoms with Gasteiger partial charge in [-0.3, -0.25) is 10.1 Å². The fourth-order valence-electron chi connectivity index (χ4n) is 1.00. The van der Waals surface area contributed by atoms with Gasteiger partial charge in [0.25, 0.3) is 0 Å². The summed E-state index contributed by atoms with van der Waals surface area (Å²) in [6.45, 7) is 1.83. The number of nitrogens with zero attached hydrogens (tertiary/aromatic N) is 1. The molecule has 0 amide bonds. The highest BCUT2D eigenvalue weighted by molar-refractivity contribution is 5.82. The number of hydrogen-bond donors (Lipinski definition) is 1. The minimum atomic E-state index is -0.442. The van der Waals surface area contributed by atoms with E-state index >= 15 is 0 Å². The third kappa shape index (κ3) is 7.18. The van der Waals surface area contributed by atoms with Crippen LogP contribution in [0.2, 0.25) is 0 Å². The van der Waals surface area contributed by atoms with Gasteiger partial charge in [-0.2, -0.15) is 0 Å². The first-order valence-corrected chi connectivity index (χ1v) is 4.35. The Balaban J connectivity index is 3.26. The fraction of sp³-hybridized carbons (Fsp3) is 0.875. The summed E-state index contributed by atoms with van der Waals surface area (Å²) in [5, 5.41) is 17.2. The van der Waals surface area contributed by atoms with Crippen molar-refractivity contribution < 1.29 is 4.92 Å². The van der Waals surface area contributed by atoms with E-state index in [-0.39, 0.29) is 12.3 Å². The summed E-state index contributed by atoms with van der Waals surface area (Å²) in [4.78, 5) is 9.52. The molecule has 0 saturated heterocycles. The second kappa shape index (κ2) is 6.76. The third-order valence-electron chi connectivity index (χ3n) is 1.65. The standard InChI is InChI=1S/C8H16N2O2/c1-2-3-4-5-6-8(9)7-10(11)12/h9H,2-7H2,1H3. The molecule has 0 radical (unpaired) electrons. The fourth-order valence-corrected chi connectivity index (χ4v) is 1.00. The van der Waals surface area contributed by atoms with Crippen LogP contribution in [0.4, 0.5) is 0 Å². The maximum absolute atomic E-state index is 9.96. The molecule has 0 spiro atoms. The van der Waals surface area contributed by atoms with Crippen molar-refractivity contribution in [3.05, 3.63) is 10.1 Å². The van der Waals surface area contributed by atoms with E-state index in [0.717, 1.165) is 25.7 Å². The lowest BCUT2D eigenvalue weighted by molar-refractivity contribution is -0.463. The van der Waals surface area contributed by atoms with Crippen LogP contribution < -0.4 is 0 Å². The highest BCUT2D eigenvalue weighted by Gasteiger charge is 2.03. The average Bonchev–Trinajstić information content (AvgIpc) is 1.97. The predicted octanol–water partition coefficient (Wildman–Crippen LogP) is 2.25. The van der Waals surface area contributed by atoms with Crippen LogP contribution >= 0.6 is 0 Å². The largest absolute Gasteiger partial charge is 0.303 e. The summed E-state index contributed by atoms with van der Waals surface area (Å²) in [6, 6.07) is 0. The second-order valence-corrected chi connectivity index (χ2v) is 2.91. The predicted molar refractivity (Wildman–Crippen MR) is 48.3 cm³/mol. The van der Waals surface area contributed by atoms with Gasteiger partial charge in [-0.05, 0) is 12.8 Å². The minimum absolute atomic E-state index is 0.246. The van der Waals surface area contributed by atoms with Crippen molar-refractivity contribution in [3.8, 4) is 0 Å². The van der Waals surface area contributed by atoms with Gasteiger partial charge in [0, 0.05) is 4.92 Å². The van der Waals surface area contributed by atoms with E-state index < -0.39 is 4.92 Å². The van der Waals surface area contributed by atoms with Crippen LogP contribution in [0.3, 0.4) is 0 Å². The molecular formula is C8H16N2O2. The normalized spacial score (nSPS) is 9.75. The Hall–Kier alpha value is -0.930. The van der Waals surface area contributed by atoms with Crippen molar-refractivity contribution in [2.75, 3.05) is 6.54 Å². The first kappa shape index (κ1) is 11.1. The molecule has 0 atom stereocenters. The van der Waals surface area contributed by atoms with Gasteiger partial charge < -0.3 is 5.41 Å². The van der Waals surface area contributed by atoms with Gasteiger partial charge in [0.05, 0.1) is 5.71 Å². The van der Waals surface area contributed by atoms with E-state index in [1.807, 2.05) is 0 Å². The maximum atomic E-state index is 9.96. The highest BCUT2D eigenvalue weighted by Crippen LogP contribution is 2.02. The monoisotopic (exact) mass is 172 g/mol. The molecule has 0 bridgehead atoms. The Morgan fingerprint density at radius 2 is 2.08 bits per heavy atom. The number of unbranched alkanes of at least 4 members (excludes halogenated alkanes) is 3. The molecule has 0 aromatic heterocycles. The Morgan fingerprint density at radius 1 is 1.42 bits per heavy atom. The van der Waals surface area contributed by atoms with E-state index in [9.17, 15) is 10.1 Å². The molecular weight excluding hydrogens is 156 g/mol. The molecule has 0 unspecified atom stereocenters. The van der Waals surface area contributed by atoms with Gasteiger partial charge in [0.2, 0.25) is 6.54 Å². The Bertz CT molecular complexity index is 157. The highest BCUT2D eigenvalue weighted by atomic mass is 16.6. The first-order valence-electron chi connectivity index (χ1n) is 4.35. The van der Waals surface area contributed by atoms with Gasteiger partial charge in [-0.15, -0.1) is 0 Å². The Morgan fingerprint density at radius 3 is 2.58 bits per heavy atom. The molecule has 0 aromatic carbocycles. The van der Waals surface area contributed by atoms with Crippen LogP contribution in [0.5, 0.6) is 0 Å². The van der Waals surface area contributed by atoms with Gasteiger partial charge in [-0.25, -0.2) is 0 Å². The van der Waals surface area contributed by atoms with Gasteiger partial charge in [0.1, 0.15) is 0 Å². The first-order chi connectivity index (χ1) is 5.66. The molecule has 70 valence electrons. The molecule has 0 aliphatic heterocycles. The van der Waals surface area contributed by atoms with Crippen molar-refractivity contribution in [1.29, 1.82) is 5.41 Å². The molecule has 0 aliphatic rings. The van der Waals surface area contributed by atoms with Gasteiger partial charge >= 0.3 is 0 Å². The topological polar surface area (TPSA) is 67.0 Å². The van der Waals surface area contributed by atoms with Crippen molar-refractivity contribution in [3.63, 3.8) is 0 Å². The quantitative estimate of drug-likeness (QED) is 0.277. The molecule has 0 saturated carbocycles. The minimum Gasteiger partial charge on any atom is -0.303 e. The zero-order valence-corrected chi connectivity index (χ0v) is 7.51. The molecule has 4 heteroatoms. The molecule has 0 heterocycles. The van der Waals surface area contributed by atoms with E-state index in [1.165, 1.54) is 0 Å². The third-order valence-corrected chi connectivity index (χ3v) is 1.65. The molecule has 4 nitrogen and oxygen atoms in total. The summed E-state index contributed by atoms with van der Waals surface area (Å²) in [6.07, 6.45) is 4.90. The Labute approximate surface area is 72.6 Å². The number of nitrogens with one attached hydrogen (secondary N) is 1. The van der Waals surface area contributed by atoms with Crippen molar-refractivity contribution >= 4 is 5.71 Å². The molecule has 0 aliphatic carbocycles. The zero-order chi connectivity index (χ0) is 9.40. The summed E-state index contributed by atoms with van der Waals surface area (Å²) >= 11 is 0. The molecule has 1 N–H and O–H groups in total. The van der Waals surface area contributed by atoms with E-state index in [2.05, 4.69) is 6.92 Å². The van der Waals surface area contributed by atoms with Crippen molar-refractivity contribution in [2.24, 2.45) is 0 Å². The lowest BCUT2D eigenvalue weighted by Crippen LogP contribution is -2.12. The lowest BCUT2D eigenvalue weighted by Gasteiger charge is -1.98. The SMILES string of the molecule is CCCCCCC(=N)C[N+](=O)[O-]. The van der Waals surface area contributed by atoms with E-state index in [1.54, 1.807) is 0 Å². The average molecular weight is 172 g/mol. The van der Waals surface area contributed by atoms with Crippen LogP contribution in [0.1, 0.15) is 39.0 Å². The van der Waals surface area contributed by atoms with Gasteiger partial charge in [-0.1, -0.05) is 26.2 Å². The molecule has 0 fully saturated rings. The van der Waals surface area contributed by atoms with Crippen LogP contribution in [0.15, 0.2) is 0 Å². The number of rotatable bonds is 7. The van der Waals surface area contributed by atoms with Crippen LogP contribution in [0.25, 0.3) is 0 Å². The summed E-state index contributed by atoms with van der Waals surface area (Å²) in [5.74, 6) is 0. The van der Waals surface area contributed by atoms with Crippen molar-refractivity contribution in [2.45, 2.75) is 39.0 Å². The maximum Gasteiger partial charge on any atom is 0.241 e. The van der Waals surface area contributed by atoms with Crippen LogP contribution in [-0.2, 0) is 0 Å². The van der Waals surface area contributed by atoms with Crippen LogP contribution in [-0.4, -0.2) is 17.2 Å². The molecule has 0 rings (SSSR count). The summed E-state index contributed by atoms with van der Waals surface area (Å²) in [7, 11) is 0. The molecule has 12 heavy (non-hydrogen) atoms.